The molecule has 182 valence electrons. The summed E-state index contributed by atoms with van der Waals surface area (Å²) in [6.07, 6.45) is 0.324. The Hall–Kier alpha value is -2.51. The van der Waals surface area contributed by atoms with Gasteiger partial charge in [-0.15, -0.1) is 22.9 Å². The van der Waals surface area contributed by atoms with Crippen molar-refractivity contribution in [3.8, 4) is 0 Å². The quantitative estimate of drug-likeness (QED) is 0.114. The van der Waals surface area contributed by atoms with Crippen LogP contribution in [0.2, 0.25) is 25.7 Å². The minimum Gasteiger partial charge on any atom is -0.463 e. The zero-order chi connectivity index (χ0) is 24.8. The minimum atomic E-state index is -1.48. The van der Waals surface area contributed by atoms with Crippen molar-refractivity contribution in [3.05, 3.63) is 11.1 Å². The number of rotatable bonds is 11. The van der Waals surface area contributed by atoms with Gasteiger partial charge in [0.05, 0.1) is 13.2 Å². The zero-order valence-electron chi connectivity index (χ0n) is 19.2. The van der Waals surface area contributed by atoms with Crippen LogP contribution in [-0.2, 0) is 28.8 Å². The molecule has 0 spiro atoms. The van der Waals surface area contributed by atoms with Gasteiger partial charge in [0, 0.05) is 19.9 Å². The van der Waals surface area contributed by atoms with Crippen LogP contribution in [0.5, 0.6) is 0 Å². The van der Waals surface area contributed by atoms with E-state index in [1.807, 2.05) is 0 Å². The Morgan fingerprint density at radius 1 is 1.33 bits per heavy atom. The van der Waals surface area contributed by atoms with E-state index in [1.54, 1.807) is 0 Å². The van der Waals surface area contributed by atoms with Crippen LogP contribution in [0.3, 0.4) is 0 Å². The molecule has 1 fully saturated rings. The highest BCUT2D eigenvalue weighted by molar-refractivity contribution is 7.14. The van der Waals surface area contributed by atoms with Gasteiger partial charge in [-0.2, -0.15) is 0 Å². The Bertz CT molecular complexity index is 945. The number of amides is 3. The highest BCUT2D eigenvalue weighted by Gasteiger charge is 2.34. The molecule has 0 unspecified atom stereocenters. The van der Waals surface area contributed by atoms with Gasteiger partial charge < -0.3 is 14.9 Å². The molecule has 0 aromatic carbocycles. The number of carbonyl (C=O) groups excluding carboxylic acids is 4. The van der Waals surface area contributed by atoms with Gasteiger partial charge in [-0.1, -0.05) is 24.8 Å². The predicted molar refractivity (Wildman–Crippen MR) is 127 cm³/mol. The second kappa shape index (κ2) is 11.1. The smallest absolute Gasteiger partial charge is 0.352 e. The van der Waals surface area contributed by atoms with E-state index >= 15 is 0 Å². The van der Waals surface area contributed by atoms with Crippen LogP contribution < -0.4 is 10.7 Å². The Morgan fingerprint density at radius 2 is 2.03 bits per heavy atom. The number of hydrogen-bond acceptors (Lipinski definition) is 9. The highest BCUT2D eigenvalue weighted by atomic mass is 35.5. The van der Waals surface area contributed by atoms with Crippen LogP contribution in [0, 0.1) is 0 Å². The second-order valence-corrected chi connectivity index (χ2v) is 15.7. The summed E-state index contributed by atoms with van der Waals surface area (Å²) in [5.74, 6) is -2.36. The van der Waals surface area contributed by atoms with Crippen molar-refractivity contribution >= 4 is 65.5 Å². The fourth-order valence-electron chi connectivity index (χ4n) is 2.23. The molecule has 1 aliphatic rings. The minimum absolute atomic E-state index is 0.0817. The van der Waals surface area contributed by atoms with Gasteiger partial charge in [-0.3, -0.25) is 24.8 Å². The number of halogens is 1. The lowest BCUT2D eigenvalue weighted by atomic mass is 10.1. The summed E-state index contributed by atoms with van der Waals surface area (Å²) < 4.78 is 5.32. The molecule has 0 saturated carbocycles. The van der Waals surface area contributed by atoms with E-state index in [4.69, 9.17) is 21.2 Å². The topological polar surface area (TPSA) is 139 Å². The van der Waals surface area contributed by atoms with Crippen LogP contribution in [0.1, 0.15) is 26.0 Å². The third-order valence-electron chi connectivity index (χ3n) is 4.36. The van der Waals surface area contributed by atoms with E-state index < -0.39 is 31.5 Å². The van der Waals surface area contributed by atoms with Crippen molar-refractivity contribution < 1.29 is 28.8 Å². The number of hydrazine groups is 1. The van der Waals surface area contributed by atoms with Gasteiger partial charge in [0.25, 0.3) is 5.91 Å². The molecule has 1 aromatic rings. The molecular formula is C19H28ClN5O6SSi. The van der Waals surface area contributed by atoms with Gasteiger partial charge in [-0.05, 0) is 19.9 Å². The number of thiazole rings is 1. The lowest BCUT2D eigenvalue weighted by Crippen LogP contribution is -2.56. The number of nitrogens with zero attached hydrogens (tertiary/aromatic N) is 3. The Kier molecular flexibility index (Phi) is 8.97. The number of β-lactam (4-membered cyclic amide) rings is 1. The molecular weight excluding hydrogens is 490 g/mol. The van der Waals surface area contributed by atoms with Crippen molar-refractivity contribution in [1.29, 1.82) is 0 Å². The number of carbonyl (C=O) groups is 4. The highest BCUT2D eigenvalue weighted by Crippen LogP contribution is 2.19. The van der Waals surface area contributed by atoms with Crippen molar-refractivity contribution in [1.82, 2.24) is 15.4 Å². The number of ether oxygens (including phenoxy) is 1. The van der Waals surface area contributed by atoms with Gasteiger partial charge >= 0.3 is 5.97 Å². The van der Waals surface area contributed by atoms with Gasteiger partial charge in [0.15, 0.2) is 10.8 Å². The first kappa shape index (κ1) is 26.7. The molecule has 0 radical (unpaired) electrons. The number of nitrogens with one attached hydrogen (secondary N) is 2. The zero-order valence-corrected chi connectivity index (χ0v) is 21.8. The summed E-state index contributed by atoms with van der Waals surface area (Å²) in [5, 5.41) is 9.15. The monoisotopic (exact) mass is 517 g/mol. The predicted octanol–water partition coefficient (Wildman–Crippen LogP) is 1.96. The van der Waals surface area contributed by atoms with E-state index in [0.29, 0.717) is 13.0 Å². The fraction of sp³-hybridized carbons (Fsp3) is 0.579. The van der Waals surface area contributed by atoms with E-state index in [0.717, 1.165) is 22.4 Å². The standard InChI is InChI=1S/C19H28ClN5O6SSi/c1-19(2,17(29)30-8-9-33(3,4)5)31-24-15(16(28)23-25-7-6-14(25)27)12-11-32-18(21-12)22-13(26)10-20/h11H,6-10H2,1-5H3,(H,23,28)(H,21,22,26). The largest absolute Gasteiger partial charge is 0.463 e. The van der Waals surface area contributed by atoms with Crippen molar-refractivity contribution in [2.75, 3.05) is 24.3 Å². The molecule has 33 heavy (non-hydrogen) atoms. The van der Waals surface area contributed by atoms with Crippen molar-refractivity contribution in [2.24, 2.45) is 5.16 Å². The number of esters is 1. The number of alkyl halides is 1. The van der Waals surface area contributed by atoms with E-state index in [9.17, 15) is 19.2 Å². The van der Waals surface area contributed by atoms with E-state index in [1.165, 1.54) is 19.2 Å². The normalized spacial score (nSPS) is 14.4. The van der Waals surface area contributed by atoms with Gasteiger partial charge in [-0.25, -0.2) is 9.78 Å². The molecule has 14 heteroatoms. The van der Waals surface area contributed by atoms with Crippen LogP contribution in [0.25, 0.3) is 0 Å². The van der Waals surface area contributed by atoms with Gasteiger partial charge in [0.2, 0.25) is 17.4 Å². The SMILES string of the molecule is CC(C)(ON=C(C(=O)NN1CCC1=O)c1csc(NC(=O)CCl)n1)C(=O)OCC[Si](C)(C)C. The molecule has 0 bridgehead atoms. The number of aromatic nitrogens is 1. The maximum Gasteiger partial charge on any atom is 0.352 e. The Labute approximate surface area is 201 Å². The molecule has 1 saturated heterocycles. The van der Waals surface area contributed by atoms with E-state index in [2.05, 4.69) is 40.5 Å². The molecule has 0 atom stereocenters. The average Bonchev–Trinajstić information content (AvgIpc) is 3.17. The lowest BCUT2D eigenvalue weighted by molar-refractivity contribution is -0.167. The van der Waals surface area contributed by atoms with E-state index in [-0.39, 0.29) is 34.9 Å². The molecule has 11 nitrogen and oxygen atoms in total. The Balaban J connectivity index is 2.17. The fourth-order valence-corrected chi connectivity index (χ4v) is 3.72. The van der Waals surface area contributed by atoms with Crippen LogP contribution in [0.15, 0.2) is 10.5 Å². The molecule has 3 amide bonds. The maximum atomic E-state index is 12.8. The molecule has 2 N–H and O–H groups in total. The van der Waals surface area contributed by atoms with Crippen LogP contribution in [-0.4, -0.2) is 72.1 Å². The van der Waals surface area contributed by atoms with Crippen molar-refractivity contribution in [3.63, 3.8) is 0 Å². The summed E-state index contributed by atoms with van der Waals surface area (Å²) in [7, 11) is -1.39. The summed E-state index contributed by atoms with van der Waals surface area (Å²) in [5.41, 5.74) is 0.742. The second-order valence-electron chi connectivity index (χ2n) is 8.94. The molecule has 1 aromatic heterocycles. The first-order valence-corrected chi connectivity index (χ1v) is 15.3. The van der Waals surface area contributed by atoms with Crippen LogP contribution >= 0.6 is 22.9 Å². The average molecular weight is 518 g/mol. The third kappa shape index (κ3) is 8.09. The molecule has 0 aliphatic carbocycles. The molecule has 1 aliphatic heterocycles. The molecule has 2 heterocycles. The Morgan fingerprint density at radius 3 is 2.58 bits per heavy atom. The number of oxime groups is 1. The first-order valence-electron chi connectivity index (χ1n) is 10.2. The third-order valence-corrected chi connectivity index (χ3v) is 7.06. The lowest BCUT2D eigenvalue weighted by Gasteiger charge is -2.30. The van der Waals surface area contributed by atoms with Gasteiger partial charge in [0.1, 0.15) is 11.6 Å². The first-order chi connectivity index (χ1) is 15.3. The summed E-state index contributed by atoms with van der Waals surface area (Å²) in [6, 6.07) is 0.797. The summed E-state index contributed by atoms with van der Waals surface area (Å²) in [4.78, 5) is 57.9. The number of hydrogen-bond donors (Lipinski definition) is 2. The molecule has 2 rings (SSSR count). The number of anilines is 1. The summed E-state index contributed by atoms with van der Waals surface area (Å²) >= 11 is 6.53. The maximum absolute atomic E-state index is 12.8. The summed E-state index contributed by atoms with van der Waals surface area (Å²) in [6.45, 7) is 10.1. The van der Waals surface area contributed by atoms with Crippen molar-refractivity contribution in [2.45, 2.75) is 51.6 Å². The van der Waals surface area contributed by atoms with Crippen LogP contribution in [0.4, 0.5) is 5.13 Å².